The van der Waals surface area contributed by atoms with E-state index in [0.717, 1.165) is 74.1 Å². The number of hydrogen-bond donors (Lipinski definition) is 0. The maximum atomic E-state index is 15.3. The van der Waals surface area contributed by atoms with Crippen LogP contribution in [0.25, 0.3) is 0 Å². The molecule has 2 aromatic carbocycles. The third kappa shape index (κ3) is 7.58. The molecule has 3 aliphatic carbocycles. The quantitative estimate of drug-likeness (QED) is 0.209. The van der Waals surface area contributed by atoms with Gasteiger partial charge in [0.05, 0.1) is 5.92 Å². The number of hydrogen-bond acceptors (Lipinski definition) is 1. The topological polar surface area (TPSA) is 9.23 Å². The molecular formula is C36H45F5O. The minimum absolute atomic E-state index is 0.0623. The Morgan fingerprint density at radius 3 is 1.95 bits per heavy atom. The van der Waals surface area contributed by atoms with Gasteiger partial charge in [-0.3, -0.25) is 0 Å². The standard InChI is InChI=1S/C36H45F5O/c1-2-3-4-5-24-6-8-27(9-7-24)29-16-20-32(34(38)22-29)28-12-10-25(11-13-28)26-14-17-30(18-15-26)36(40,41)42-31-19-21-33(37)35(39)23-31/h3-4,16,19-28,30H,2,5-15,17-18H2,1H3/b4-3-. The van der Waals surface area contributed by atoms with Crippen LogP contribution in [0, 0.1) is 41.1 Å². The van der Waals surface area contributed by atoms with Crippen molar-refractivity contribution in [2.24, 2.45) is 23.7 Å². The Balaban J connectivity index is 1.08. The van der Waals surface area contributed by atoms with E-state index in [1.165, 1.54) is 19.3 Å². The van der Waals surface area contributed by atoms with Crippen molar-refractivity contribution in [2.45, 2.75) is 115 Å². The predicted octanol–water partition coefficient (Wildman–Crippen LogP) is 11.5. The lowest BCUT2D eigenvalue weighted by molar-refractivity contribution is -0.224. The van der Waals surface area contributed by atoms with Crippen LogP contribution in [0.4, 0.5) is 22.0 Å². The van der Waals surface area contributed by atoms with Gasteiger partial charge < -0.3 is 4.74 Å². The molecule has 3 aliphatic rings. The van der Waals surface area contributed by atoms with Crippen molar-refractivity contribution in [2.75, 3.05) is 0 Å². The van der Waals surface area contributed by atoms with Crippen molar-refractivity contribution in [3.63, 3.8) is 0 Å². The van der Waals surface area contributed by atoms with Gasteiger partial charge in [0.25, 0.3) is 0 Å². The molecule has 42 heavy (non-hydrogen) atoms. The fourth-order valence-corrected chi connectivity index (χ4v) is 7.92. The summed E-state index contributed by atoms with van der Waals surface area (Å²) in [6, 6.07) is 8.50. The van der Waals surface area contributed by atoms with Gasteiger partial charge in [0, 0.05) is 6.07 Å². The lowest BCUT2D eigenvalue weighted by Crippen LogP contribution is -2.38. The minimum Gasteiger partial charge on any atom is -0.432 e. The molecule has 0 bridgehead atoms. The van der Waals surface area contributed by atoms with E-state index in [1.807, 2.05) is 6.07 Å². The van der Waals surface area contributed by atoms with Gasteiger partial charge in [-0.15, -0.1) is 0 Å². The van der Waals surface area contributed by atoms with E-state index >= 15 is 4.39 Å². The Morgan fingerprint density at radius 2 is 1.33 bits per heavy atom. The molecule has 5 rings (SSSR count). The molecule has 230 valence electrons. The molecule has 0 spiro atoms. The lowest BCUT2D eigenvalue weighted by Gasteiger charge is -2.39. The zero-order valence-corrected chi connectivity index (χ0v) is 24.8. The first-order valence-electron chi connectivity index (χ1n) is 16.2. The summed E-state index contributed by atoms with van der Waals surface area (Å²) < 4.78 is 76.4. The van der Waals surface area contributed by atoms with Crippen LogP contribution >= 0.6 is 0 Å². The maximum Gasteiger partial charge on any atom is 0.400 e. The first kappa shape index (κ1) is 31.1. The van der Waals surface area contributed by atoms with Gasteiger partial charge in [0.1, 0.15) is 11.6 Å². The summed E-state index contributed by atoms with van der Waals surface area (Å²) in [6.45, 7) is 2.16. The SMILES string of the molecule is CC/C=C\CC1CCC(c2ccc(C3CCC(C4CCC(C(F)(F)Oc5ccc(F)c(F)c5)CC4)CC3)c(F)c2)CC1. The molecule has 0 heterocycles. The van der Waals surface area contributed by atoms with Crippen molar-refractivity contribution in [3.8, 4) is 5.75 Å². The van der Waals surface area contributed by atoms with Crippen molar-refractivity contribution in [1.82, 2.24) is 0 Å². The summed E-state index contributed by atoms with van der Waals surface area (Å²) in [5.74, 6) is -1.35. The fraction of sp³-hybridized carbons (Fsp3) is 0.611. The summed E-state index contributed by atoms with van der Waals surface area (Å²) >= 11 is 0. The molecule has 0 radical (unpaired) electrons. The van der Waals surface area contributed by atoms with Crippen LogP contribution in [0.5, 0.6) is 5.75 Å². The number of halogens is 5. The number of allylic oxidation sites excluding steroid dienone is 2. The highest BCUT2D eigenvalue weighted by atomic mass is 19.3. The second-order valence-electron chi connectivity index (χ2n) is 13.1. The van der Waals surface area contributed by atoms with Crippen LogP contribution in [0.2, 0.25) is 0 Å². The van der Waals surface area contributed by atoms with Crippen LogP contribution in [-0.2, 0) is 0 Å². The average Bonchev–Trinajstić information content (AvgIpc) is 2.99. The number of alkyl halides is 2. The normalized spacial score (nSPS) is 29.1. The zero-order valence-electron chi connectivity index (χ0n) is 24.8. The molecule has 2 aromatic rings. The summed E-state index contributed by atoms with van der Waals surface area (Å²) in [5, 5.41) is 0. The van der Waals surface area contributed by atoms with E-state index in [4.69, 9.17) is 4.74 Å². The average molecular weight is 589 g/mol. The summed E-state index contributed by atoms with van der Waals surface area (Å²) in [7, 11) is 0. The Kier molecular flexibility index (Phi) is 10.3. The molecule has 0 saturated heterocycles. The minimum atomic E-state index is -3.43. The van der Waals surface area contributed by atoms with Gasteiger partial charge in [-0.1, -0.05) is 31.2 Å². The van der Waals surface area contributed by atoms with Crippen LogP contribution in [0.15, 0.2) is 48.6 Å². The van der Waals surface area contributed by atoms with Crippen molar-refractivity contribution >= 4 is 0 Å². The highest BCUT2D eigenvalue weighted by molar-refractivity contribution is 5.30. The molecule has 0 atom stereocenters. The van der Waals surface area contributed by atoms with Crippen molar-refractivity contribution < 1.29 is 26.7 Å². The molecule has 0 unspecified atom stereocenters. The Morgan fingerprint density at radius 1 is 0.690 bits per heavy atom. The van der Waals surface area contributed by atoms with E-state index in [0.29, 0.717) is 49.5 Å². The summed E-state index contributed by atoms with van der Waals surface area (Å²) in [5.41, 5.74) is 1.99. The molecule has 6 heteroatoms. The molecule has 3 saturated carbocycles. The van der Waals surface area contributed by atoms with Crippen LogP contribution in [0.3, 0.4) is 0 Å². The van der Waals surface area contributed by atoms with Gasteiger partial charge in [0.2, 0.25) is 0 Å². The van der Waals surface area contributed by atoms with Crippen LogP contribution in [0.1, 0.15) is 120 Å². The summed E-state index contributed by atoms with van der Waals surface area (Å²) in [6.07, 6.45) is 14.1. The first-order valence-corrected chi connectivity index (χ1v) is 16.2. The van der Waals surface area contributed by atoms with Crippen molar-refractivity contribution in [3.05, 3.63) is 77.1 Å². The Bertz CT molecular complexity index is 1190. The highest BCUT2D eigenvalue weighted by Gasteiger charge is 2.45. The van der Waals surface area contributed by atoms with Crippen LogP contribution < -0.4 is 4.74 Å². The molecule has 0 amide bonds. The molecule has 3 fully saturated rings. The number of benzene rings is 2. The smallest absolute Gasteiger partial charge is 0.400 e. The van der Waals surface area contributed by atoms with E-state index < -0.39 is 23.7 Å². The molecule has 0 aliphatic heterocycles. The monoisotopic (exact) mass is 588 g/mol. The van der Waals surface area contributed by atoms with Gasteiger partial charge in [-0.05, 0) is 149 Å². The first-order chi connectivity index (χ1) is 20.2. The summed E-state index contributed by atoms with van der Waals surface area (Å²) in [4.78, 5) is 0. The largest absolute Gasteiger partial charge is 0.432 e. The van der Waals surface area contributed by atoms with Gasteiger partial charge in [-0.2, -0.15) is 8.78 Å². The molecular weight excluding hydrogens is 543 g/mol. The number of ether oxygens (including phenoxy) is 1. The second kappa shape index (κ2) is 13.9. The third-order valence-corrected chi connectivity index (χ3v) is 10.5. The Labute approximate surface area is 247 Å². The van der Waals surface area contributed by atoms with E-state index in [1.54, 1.807) is 6.07 Å². The highest BCUT2D eigenvalue weighted by Crippen LogP contribution is 2.47. The zero-order chi connectivity index (χ0) is 29.7. The van der Waals surface area contributed by atoms with Gasteiger partial charge in [0.15, 0.2) is 11.6 Å². The van der Waals surface area contributed by atoms with E-state index in [-0.39, 0.29) is 17.5 Å². The predicted molar refractivity (Wildman–Crippen MR) is 157 cm³/mol. The molecule has 0 N–H and O–H groups in total. The van der Waals surface area contributed by atoms with E-state index in [2.05, 4.69) is 25.1 Å². The Hall–Kier alpha value is -2.37. The molecule has 1 nitrogen and oxygen atoms in total. The fourth-order valence-electron chi connectivity index (χ4n) is 7.92. The van der Waals surface area contributed by atoms with Gasteiger partial charge in [-0.25, -0.2) is 13.2 Å². The molecule has 0 aromatic heterocycles. The van der Waals surface area contributed by atoms with Crippen LogP contribution in [-0.4, -0.2) is 6.11 Å². The van der Waals surface area contributed by atoms with E-state index in [9.17, 15) is 17.6 Å². The van der Waals surface area contributed by atoms with Crippen molar-refractivity contribution in [1.29, 1.82) is 0 Å². The number of rotatable bonds is 9. The lowest BCUT2D eigenvalue weighted by atomic mass is 9.68. The maximum absolute atomic E-state index is 15.3. The third-order valence-electron chi connectivity index (χ3n) is 10.5. The second-order valence-corrected chi connectivity index (χ2v) is 13.1. The van der Waals surface area contributed by atoms with Gasteiger partial charge >= 0.3 is 6.11 Å².